The van der Waals surface area contributed by atoms with Crippen LogP contribution in [0, 0.1) is 26.7 Å². The van der Waals surface area contributed by atoms with Gasteiger partial charge in [0.25, 0.3) is 5.91 Å². The van der Waals surface area contributed by atoms with Gasteiger partial charge in [0.15, 0.2) is 5.82 Å². The summed E-state index contributed by atoms with van der Waals surface area (Å²) in [6.07, 6.45) is 0. The summed E-state index contributed by atoms with van der Waals surface area (Å²) in [6.45, 7) is 10.5. The molecule has 20 heavy (non-hydrogen) atoms. The number of nitrogens with one attached hydrogen (secondary N) is 1. The van der Waals surface area contributed by atoms with E-state index in [0.717, 1.165) is 17.1 Å². The van der Waals surface area contributed by atoms with Crippen molar-refractivity contribution in [3.63, 3.8) is 0 Å². The minimum atomic E-state index is -0.0433. The predicted molar refractivity (Wildman–Crippen MR) is 77.2 cm³/mol. The zero-order valence-electron chi connectivity index (χ0n) is 12.7. The van der Waals surface area contributed by atoms with E-state index in [1.165, 1.54) is 0 Å². The van der Waals surface area contributed by atoms with Crippen molar-refractivity contribution in [2.24, 2.45) is 5.92 Å². The first kappa shape index (κ1) is 14.4. The molecule has 0 saturated heterocycles. The van der Waals surface area contributed by atoms with E-state index in [4.69, 9.17) is 4.52 Å². The molecular weight excluding hydrogens is 254 g/mol. The Morgan fingerprint density at radius 1 is 1.35 bits per heavy atom. The Labute approximate surface area is 119 Å². The maximum atomic E-state index is 12.2. The van der Waals surface area contributed by atoms with Crippen LogP contribution < -0.4 is 5.32 Å². The summed E-state index contributed by atoms with van der Waals surface area (Å²) in [6, 6.07) is 3.74. The summed E-state index contributed by atoms with van der Waals surface area (Å²) in [4.78, 5) is 12.2. The summed E-state index contributed by atoms with van der Waals surface area (Å²) in [5, 5.41) is 6.95. The standard InChI is InChI=1S/C15H21N3O2/c1-9(2)8-16-15(19)13-6-10(3)18(12(13)5)14-7-11(4)20-17-14/h6-7,9H,8H2,1-5H3,(H,16,19). The van der Waals surface area contributed by atoms with Gasteiger partial charge in [-0.05, 0) is 32.8 Å². The SMILES string of the molecule is Cc1cc(-n2c(C)cc(C(=O)NCC(C)C)c2C)no1. The fraction of sp³-hybridized carbons (Fsp3) is 0.467. The van der Waals surface area contributed by atoms with Crippen molar-refractivity contribution in [3.8, 4) is 5.82 Å². The molecule has 5 heteroatoms. The number of aryl methyl sites for hydroxylation is 2. The summed E-state index contributed by atoms with van der Waals surface area (Å²) < 4.78 is 7.04. The van der Waals surface area contributed by atoms with E-state index in [2.05, 4.69) is 24.3 Å². The van der Waals surface area contributed by atoms with Crippen LogP contribution in [-0.4, -0.2) is 22.2 Å². The second kappa shape index (κ2) is 5.53. The van der Waals surface area contributed by atoms with Crippen LogP contribution >= 0.6 is 0 Å². The monoisotopic (exact) mass is 275 g/mol. The third-order valence-electron chi connectivity index (χ3n) is 3.19. The Bertz CT molecular complexity index is 623. The van der Waals surface area contributed by atoms with Crippen LogP contribution in [-0.2, 0) is 0 Å². The summed E-state index contributed by atoms with van der Waals surface area (Å²) >= 11 is 0. The fourth-order valence-electron chi connectivity index (χ4n) is 2.20. The molecule has 0 aliphatic heterocycles. The Balaban J connectivity index is 2.31. The average molecular weight is 275 g/mol. The molecule has 2 rings (SSSR count). The minimum absolute atomic E-state index is 0.0433. The normalized spacial score (nSPS) is 11.1. The van der Waals surface area contributed by atoms with Crippen molar-refractivity contribution in [1.29, 1.82) is 0 Å². The maximum absolute atomic E-state index is 12.2. The van der Waals surface area contributed by atoms with Crippen LogP contribution in [0.4, 0.5) is 0 Å². The maximum Gasteiger partial charge on any atom is 0.253 e. The van der Waals surface area contributed by atoms with Crippen molar-refractivity contribution < 1.29 is 9.32 Å². The topological polar surface area (TPSA) is 60.1 Å². The first-order valence-electron chi connectivity index (χ1n) is 6.81. The lowest BCUT2D eigenvalue weighted by Crippen LogP contribution is -2.27. The Morgan fingerprint density at radius 2 is 2.05 bits per heavy atom. The van der Waals surface area contributed by atoms with E-state index in [0.29, 0.717) is 23.8 Å². The van der Waals surface area contributed by atoms with Crippen LogP contribution in [0.1, 0.15) is 41.4 Å². The number of hydrogen-bond donors (Lipinski definition) is 1. The minimum Gasteiger partial charge on any atom is -0.360 e. The Kier molecular flexibility index (Phi) is 3.97. The third-order valence-corrected chi connectivity index (χ3v) is 3.19. The highest BCUT2D eigenvalue weighted by Crippen LogP contribution is 2.20. The van der Waals surface area contributed by atoms with Gasteiger partial charge in [0, 0.05) is 24.0 Å². The quantitative estimate of drug-likeness (QED) is 0.933. The summed E-state index contributed by atoms with van der Waals surface area (Å²) in [7, 11) is 0. The van der Waals surface area contributed by atoms with Gasteiger partial charge < -0.3 is 9.84 Å². The largest absolute Gasteiger partial charge is 0.360 e. The van der Waals surface area contributed by atoms with Crippen molar-refractivity contribution in [3.05, 3.63) is 34.8 Å². The molecule has 0 spiro atoms. The molecule has 1 N–H and O–H groups in total. The van der Waals surface area contributed by atoms with Crippen molar-refractivity contribution >= 4 is 5.91 Å². The summed E-state index contributed by atoms with van der Waals surface area (Å²) in [5.74, 6) is 1.85. The van der Waals surface area contributed by atoms with Gasteiger partial charge in [-0.15, -0.1) is 0 Å². The average Bonchev–Trinajstić information content (AvgIpc) is 2.90. The number of carbonyl (C=O) groups is 1. The number of carbonyl (C=O) groups excluding carboxylic acids is 1. The number of hydrogen-bond acceptors (Lipinski definition) is 3. The number of rotatable bonds is 4. The molecule has 2 aromatic rings. The summed E-state index contributed by atoms with van der Waals surface area (Å²) in [5.41, 5.74) is 2.52. The van der Waals surface area contributed by atoms with Gasteiger partial charge in [0.05, 0.1) is 5.56 Å². The third kappa shape index (κ3) is 2.76. The van der Waals surface area contributed by atoms with Crippen LogP contribution in [0.3, 0.4) is 0 Å². The first-order valence-corrected chi connectivity index (χ1v) is 6.81. The number of nitrogens with zero attached hydrogens (tertiary/aromatic N) is 2. The lowest BCUT2D eigenvalue weighted by Gasteiger charge is -2.08. The van der Waals surface area contributed by atoms with Gasteiger partial charge in [-0.1, -0.05) is 19.0 Å². The zero-order valence-corrected chi connectivity index (χ0v) is 12.7. The second-order valence-corrected chi connectivity index (χ2v) is 5.52. The highest BCUT2D eigenvalue weighted by Gasteiger charge is 2.18. The van der Waals surface area contributed by atoms with Crippen LogP contribution in [0.5, 0.6) is 0 Å². The van der Waals surface area contributed by atoms with Crippen molar-refractivity contribution in [2.75, 3.05) is 6.54 Å². The molecule has 0 saturated carbocycles. The number of aromatic nitrogens is 2. The Morgan fingerprint density at radius 3 is 2.60 bits per heavy atom. The molecule has 2 aromatic heterocycles. The lowest BCUT2D eigenvalue weighted by atomic mass is 10.2. The molecular formula is C15H21N3O2. The fourth-order valence-corrected chi connectivity index (χ4v) is 2.20. The smallest absolute Gasteiger partial charge is 0.253 e. The van der Waals surface area contributed by atoms with Crippen molar-refractivity contribution in [1.82, 2.24) is 15.0 Å². The van der Waals surface area contributed by atoms with Crippen LogP contribution in [0.25, 0.3) is 5.82 Å². The lowest BCUT2D eigenvalue weighted by molar-refractivity contribution is 0.0948. The molecule has 0 aliphatic rings. The number of amides is 1. The molecule has 0 unspecified atom stereocenters. The van der Waals surface area contributed by atoms with E-state index in [-0.39, 0.29) is 5.91 Å². The van der Waals surface area contributed by atoms with Gasteiger partial charge in [-0.3, -0.25) is 9.36 Å². The van der Waals surface area contributed by atoms with Gasteiger partial charge in [0.2, 0.25) is 0 Å². The molecule has 1 amide bonds. The van der Waals surface area contributed by atoms with Gasteiger partial charge in [-0.2, -0.15) is 0 Å². The molecule has 5 nitrogen and oxygen atoms in total. The van der Waals surface area contributed by atoms with E-state index >= 15 is 0 Å². The molecule has 0 bridgehead atoms. The molecule has 0 atom stereocenters. The molecule has 0 aromatic carbocycles. The Hall–Kier alpha value is -2.04. The zero-order chi connectivity index (χ0) is 14.9. The highest BCUT2D eigenvalue weighted by atomic mass is 16.5. The van der Waals surface area contributed by atoms with Crippen molar-refractivity contribution in [2.45, 2.75) is 34.6 Å². The first-order chi connectivity index (χ1) is 9.40. The van der Waals surface area contributed by atoms with E-state index in [1.807, 2.05) is 37.5 Å². The molecule has 0 fully saturated rings. The predicted octanol–water partition coefficient (Wildman–Crippen LogP) is 2.78. The van der Waals surface area contributed by atoms with E-state index < -0.39 is 0 Å². The van der Waals surface area contributed by atoms with Gasteiger partial charge in [0.1, 0.15) is 5.76 Å². The van der Waals surface area contributed by atoms with Gasteiger partial charge in [-0.25, -0.2) is 0 Å². The van der Waals surface area contributed by atoms with Crippen LogP contribution in [0.2, 0.25) is 0 Å². The van der Waals surface area contributed by atoms with E-state index in [9.17, 15) is 4.79 Å². The molecule has 108 valence electrons. The molecule has 0 aliphatic carbocycles. The molecule has 2 heterocycles. The van der Waals surface area contributed by atoms with E-state index in [1.54, 1.807) is 0 Å². The van der Waals surface area contributed by atoms with Crippen LogP contribution in [0.15, 0.2) is 16.7 Å². The van der Waals surface area contributed by atoms with Gasteiger partial charge >= 0.3 is 0 Å². The second-order valence-electron chi connectivity index (χ2n) is 5.52. The highest BCUT2D eigenvalue weighted by molar-refractivity contribution is 5.95. The molecule has 0 radical (unpaired) electrons.